The summed E-state index contributed by atoms with van der Waals surface area (Å²) in [5.41, 5.74) is 8.69. The zero-order valence-electron chi connectivity index (χ0n) is 18.9. The number of hydrogen-bond acceptors (Lipinski definition) is 8. The number of rotatable bonds is 7. The van der Waals surface area contributed by atoms with Crippen molar-refractivity contribution in [1.82, 2.24) is 9.88 Å². The molecule has 2 N–H and O–H groups in total. The standard InChI is InChI=1S/C26H23N3O4S2/c1-15(30)23-28-13-19(35-23)12-18-14-34-25-20(27)24(31)29(25)21(18)26(32)33-22(16-8-4-2-5-9-16)17-10-6-3-7-11-17/h2-11,13,20,22,25H,12,14,27H2,1H3. The van der Waals surface area contributed by atoms with Crippen molar-refractivity contribution in [2.45, 2.75) is 30.9 Å². The molecule has 0 saturated carbocycles. The number of fused-ring (bicyclic) bond motifs is 1. The van der Waals surface area contributed by atoms with Crippen molar-refractivity contribution in [3.8, 4) is 0 Å². The van der Waals surface area contributed by atoms with Crippen molar-refractivity contribution in [1.29, 1.82) is 0 Å². The van der Waals surface area contributed by atoms with E-state index in [1.54, 1.807) is 6.20 Å². The lowest BCUT2D eigenvalue weighted by Gasteiger charge is -2.48. The largest absolute Gasteiger partial charge is 0.448 e. The number of benzene rings is 2. The molecule has 2 atom stereocenters. The van der Waals surface area contributed by atoms with Crippen LogP contribution in [0.5, 0.6) is 0 Å². The van der Waals surface area contributed by atoms with Gasteiger partial charge in [0.15, 0.2) is 16.9 Å². The fraction of sp³-hybridized carbons (Fsp3) is 0.231. The molecule has 35 heavy (non-hydrogen) atoms. The van der Waals surface area contributed by atoms with E-state index in [0.29, 0.717) is 17.2 Å². The van der Waals surface area contributed by atoms with Crippen LogP contribution in [0.3, 0.4) is 0 Å². The summed E-state index contributed by atoms with van der Waals surface area (Å²) in [6.45, 7) is 1.47. The molecule has 0 radical (unpaired) electrons. The molecule has 3 aromatic rings. The van der Waals surface area contributed by atoms with Crippen LogP contribution < -0.4 is 5.73 Å². The number of ether oxygens (including phenoxy) is 1. The molecule has 0 bridgehead atoms. The third-order valence-electron chi connectivity index (χ3n) is 5.95. The van der Waals surface area contributed by atoms with Gasteiger partial charge in [-0.25, -0.2) is 9.78 Å². The fourth-order valence-electron chi connectivity index (χ4n) is 4.21. The van der Waals surface area contributed by atoms with Gasteiger partial charge >= 0.3 is 5.97 Å². The van der Waals surface area contributed by atoms with Gasteiger partial charge in [-0.2, -0.15) is 0 Å². The summed E-state index contributed by atoms with van der Waals surface area (Å²) < 4.78 is 6.10. The third-order valence-corrected chi connectivity index (χ3v) is 8.41. The number of β-lactam (4-membered cyclic amide) rings is 1. The molecule has 1 fully saturated rings. The second-order valence-electron chi connectivity index (χ2n) is 8.36. The van der Waals surface area contributed by atoms with Gasteiger partial charge in [0.2, 0.25) is 5.91 Å². The topological polar surface area (TPSA) is 103 Å². The Bertz CT molecular complexity index is 1270. The van der Waals surface area contributed by atoms with Crippen LogP contribution in [0.15, 0.2) is 78.1 Å². The number of Topliss-reactive ketones (excluding diaryl/α,β-unsaturated/α-hetero) is 1. The Morgan fingerprint density at radius 2 is 1.74 bits per heavy atom. The van der Waals surface area contributed by atoms with Crippen molar-refractivity contribution < 1.29 is 19.1 Å². The number of hydrogen-bond donors (Lipinski definition) is 1. The van der Waals surface area contributed by atoms with E-state index in [-0.39, 0.29) is 22.8 Å². The summed E-state index contributed by atoms with van der Waals surface area (Å²) in [5, 5.41) is 0.122. The molecule has 1 aromatic heterocycles. The second-order valence-corrected chi connectivity index (χ2v) is 10.6. The number of carbonyl (C=O) groups excluding carboxylic acids is 3. The minimum Gasteiger partial charge on any atom is -0.448 e. The Labute approximate surface area is 211 Å². The SMILES string of the molecule is CC(=O)c1ncc(CC2=C(C(=O)OC(c3ccccc3)c3ccccc3)N3C(=O)C(N)C3SC2)s1. The number of thiazole rings is 1. The van der Waals surface area contributed by atoms with E-state index in [9.17, 15) is 14.4 Å². The highest BCUT2D eigenvalue weighted by atomic mass is 32.2. The predicted molar refractivity (Wildman–Crippen MR) is 135 cm³/mol. The zero-order valence-corrected chi connectivity index (χ0v) is 20.6. The Kier molecular flexibility index (Phi) is 6.55. The van der Waals surface area contributed by atoms with Gasteiger partial charge in [0.05, 0.1) is 0 Å². The maximum Gasteiger partial charge on any atom is 0.356 e. The van der Waals surface area contributed by atoms with Gasteiger partial charge in [-0.1, -0.05) is 60.7 Å². The fourth-order valence-corrected chi connectivity index (χ4v) is 6.36. The van der Waals surface area contributed by atoms with Crippen LogP contribution in [0.2, 0.25) is 0 Å². The minimum atomic E-state index is -0.642. The molecule has 2 unspecified atom stereocenters. The Hall–Kier alpha value is -3.27. The number of carbonyl (C=O) groups is 3. The maximum atomic E-state index is 13.7. The summed E-state index contributed by atoms with van der Waals surface area (Å²) in [6.07, 6.45) is 1.41. The first-order valence-electron chi connectivity index (χ1n) is 11.1. The Morgan fingerprint density at radius 1 is 1.11 bits per heavy atom. The number of amides is 1. The van der Waals surface area contributed by atoms with Gasteiger partial charge in [-0.15, -0.1) is 23.1 Å². The van der Waals surface area contributed by atoms with E-state index in [4.69, 9.17) is 10.5 Å². The Balaban J connectivity index is 1.51. The Morgan fingerprint density at radius 3 is 2.31 bits per heavy atom. The molecular formula is C26H23N3O4S2. The zero-order chi connectivity index (χ0) is 24.5. The van der Waals surface area contributed by atoms with Gasteiger partial charge in [0, 0.05) is 30.2 Å². The van der Waals surface area contributed by atoms with E-state index in [1.807, 2.05) is 60.7 Å². The average molecular weight is 506 g/mol. The van der Waals surface area contributed by atoms with Crippen LogP contribution in [0, 0.1) is 0 Å². The summed E-state index contributed by atoms with van der Waals surface area (Å²) >= 11 is 2.82. The summed E-state index contributed by atoms with van der Waals surface area (Å²) in [5.74, 6) is -0.442. The number of esters is 1. The quantitative estimate of drug-likeness (QED) is 0.297. The van der Waals surface area contributed by atoms with Crippen molar-refractivity contribution in [2.24, 2.45) is 5.73 Å². The minimum absolute atomic E-state index is 0.106. The smallest absolute Gasteiger partial charge is 0.356 e. The van der Waals surface area contributed by atoms with E-state index in [0.717, 1.165) is 21.6 Å². The molecule has 178 valence electrons. The summed E-state index contributed by atoms with van der Waals surface area (Å²) in [7, 11) is 0. The van der Waals surface area contributed by atoms with Gasteiger partial charge in [-0.3, -0.25) is 14.5 Å². The maximum absolute atomic E-state index is 13.7. The van der Waals surface area contributed by atoms with Gasteiger partial charge in [-0.05, 0) is 16.7 Å². The highest BCUT2D eigenvalue weighted by Crippen LogP contribution is 2.42. The monoisotopic (exact) mass is 505 g/mol. The molecule has 9 heteroatoms. The van der Waals surface area contributed by atoms with Crippen molar-refractivity contribution in [3.05, 3.63) is 99.1 Å². The molecule has 2 aliphatic heterocycles. The van der Waals surface area contributed by atoms with E-state index >= 15 is 0 Å². The van der Waals surface area contributed by atoms with Crippen LogP contribution in [0.1, 0.15) is 38.8 Å². The van der Waals surface area contributed by atoms with Crippen molar-refractivity contribution in [2.75, 3.05) is 5.75 Å². The number of nitrogens with zero attached hydrogens (tertiary/aromatic N) is 2. The molecule has 3 heterocycles. The van der Waals surface area contributed by atoms with Crippen LogP contribution in [0.4, 0.5) is 0 Å². The summed E-state index contributed by atoms with van der Waals surface area (Å²) in [4.78, 5) is 44.6. The van der Waals surface area contributed by atoms with Gasteiger partial charge in [0.25, 0.3) is 0 Å². The van der Waals surface area contributed by atoms with E-state index < -0.39 is 18.1 Å². The molecular weight excluding hydrogens is 482 g/mol. The van der Waals surface area contributed by atoms with Crippen LogP contribution in [-0.2, 0) is 20.7 Å². The number of thioether (sulfide) groups is 1. The molecule has 1 amide bonds. The van der Waals surface area contributed by atoms with Crippen LogP contribution in [0.25, 0.3) is 0 Å². The lowest BCUT2D eigenvalue weighted by atomic mass is 10.00. The molecule has 2 aromatic carbocycles. The molecule has 5 rings (SSSR count). The van der Waals surface area contributed by atoms with Gasteiger partial charge < -0.3 is 10.5 Å². The third kappa shape index (κ3) is 4.54. The number of ketones is 1. The normalized spacial score (nSPS) is 19.4. The molecule has 0 aliphatic carbocycles. The van der Waals surface area contributed by atoms with E-state index in [2.05, 4.69) is 4.98 Å². The van der Waals surface area contributed by atoms with Crippen LogP contribution in [-0.4, -0.2) is 44.7 Å². The lowest BCUT2D eigenvalue weighted by molar-refractivity contribution is -0.153. The highest BCUT2D eigenvalue weighted by molar-refractivity contribution is 8.00. The molecule has 1 saturated heterocycles. The first-order valence-corrected chi connectivity index (χ1v) is 13.0. The average Bonchev–Trinajstić information content (AvgIpc) is 3.36. The molecule has 2 aliphatic rings. The first kappa shape index (κ1) is 23.5. The van der Waals surface area contributed by atoms with Crippen molar-refractivity contribution in [3.63, 3.8) is 0 Å². The number of aromatic nitrogens is 1. The summed E-state index contributed by atoms with van der Waals surface area (Å²) in [6, 6.07) is 18.4. The molecule has 0 spiro atoms. The van der Waals surface area contributed by atoms with Gasteiger partial charge in [0.1, 0.15) is 17.1 Å². The van der Waals surface area contributed by atoms with Crippen LogP contribution >= 0.6 is 23.1 Å². The van der Waals surface area contributed by atoms with Crippen molar-refractivity contribution >= 4 is 40.8 Å². The predicted octanol–water partition coefficient (Wildman–Crippen LogP) is 3.72. The second kappa shape index (κ2) is 9.77. The van der Waals surface area contributed by atoms with E-state index in [1.165, 1.54) is 34.9 Å². The highest BCUT2D eigenvalue weighted by Gasteiger charge is 2.52. The lowest BCUT2D eigenvalue weighted by Crippen LogP contribution is -2.68. The number of nitrogens with two attached hydrogens (primary N) is 1. The molecule has 7 nitrogen and oxygen atoms in total. The first-order chi connectivity index (χ1) is 16.9.